The Morgan fingerprint density at radius 1 is 1.00 bits per heavy atom. The van der Waals surface area contributed by atoms with E-state index in [1.807, 2.05) is 31.2 Å². The highest BCUT2D eigenvalue weighted by atomic mass is 32.1. The van der Waals surface area contributed by atoms with Gasteiger partial charge in [0.2, 0.25) is 0 Å². The normalized spacial score (nSPS) is 19.0. The van der Waals surface area contributed by atoms with Crippen molar-refractivity contribution in [3.05, 3.63) is 107 Å². The molecule has 2 aliphatic heterocycles. The van der Waals surface area contributed by atoms with Crippen molar-refractivity contribution in [1.29, 1.82) is 0 Å². The van der Waals surface area contributed by atoms with Crippen LogP contribution in [-0.2, 0) is 4.74 Å². The van der Waals surface area contributed by atoms with Crippen LogP contribution in [0.1, 0.15) is 50.7 Å². The third-order valence-electron chi connectivity index (χ3n) is 8.09. The lowest BCUT2D eigenvalue weighted by Gasteiger charge is -2.31. The molecule has 2 aromatic carbocycles. The van der Waals surface area contributed by atoms with Crippen molar-refractivity contribution in [3.8, 4) is 5.69 Å². The van der Waals surface area contributed by atoms with Gasteiger partial charge >= 0.3 is 5.97 Å². The van der Waals surface area contributed by atoms with E-state index in [1.165, 1.54) is 5.69 Å². The Morgan fingerprint density at radius 2 is 1.73 bits per heavy atom. The maximum atomic E-state index is 11.8. The Bertz CT molecular complexity index is 1600. The average Bonchev–Trinajstić information content (AvgIpc) is 3.48. The predicted molar refractivity (Wildman–Crippen MR) is 164 cm³/mol. The summed E-state index contributed by atoms with van der Waals surface area (Å²) in [6.45, 7) is 9.38. The maximum Gasteiger partial charge on any atom is 0.335 e. The first-order chi connectivity index (χ1) is 19.8. The van der Waals surface area contributed by atoms with Crippen LogP contribution in [0, 0.1) is 20.8 Å². The number of rotatable bonds is 6. The molecule has 8 nitrogen and oxygen atoms in total. The number of thiocarbonyl (C=S) groups is 1. The fraction of sp³-hybridized carbons (Fsp3) is 0.281. The SMILES string of the molecule is Cc1ccc(C(=O)O)cc1-n1c(C)cc([C@H]2[C@H](c3ccccn3)NC(=S)N2c2ccc(N3CCOCC3)cc2)c1C. The number of aromatic carboxylic acids is 1. The smallest absolute Gasteiger partial charge is 0.335 e. The summed E-state index contributed by atoms with van der Waals surface area (Å²) in [6, 6.07) is 21.6. The number of aryl methyl sites for hydroxylation is 2. The zero-order valence-electron chi connectivity index (χ0n) is 23.4. The van der Waals surface area contributed by atoms with Crippen molar-refractivity contribution in [2.45, 2.75) is 32.9 Å². The second-order valence-corrected chi connectivity index (χ2v) is 11.0. The van der Waals surface area contributed by atoms with E-state index >= 15 is 0 Å². The van der Waals surface area contributed by atoms with Gasteiger partial charge in [-0.2, -0.15) is 0 Å². The number of carbonyl (C=O) groups is 1. The number of nitrogens with zero attached hydrogens (tertiary/aromatic N) is 4. The summed E-state index contributed by atoms with van der Waals surface area (Å²) in [5.41, 5.74) is 8.33. The summed E-state index contributed by atoms with van der Waals surface area (Å²) in [6.07, 6.45) is 1.81. The van der Waals surface area contributed by atoms with E-state index in [0.29, 0.717) is 5.11 Å². The quantitative estimate of drug-likeness (QED) is 0.295. The molecule has 0 unspecified atom stereocenters. The number of benzene rings is 2. The third-order valence-corrected chi connectivity index (χ3v) is 8.40. The molecule has 0 aliphatic carbocycles. The van der Waals surface area contributed by atoms with Crippen LogP contribution in [-0.4, -0.2) is 52.0 Å². The highest BCUT2D eigenvalue weighted by Crippen LogP contribution is 2.44. The van der Waals surface area contributed by atoms with E-state index in [1.54, 1.807) is 18.3 Å². The zero-order valence-corrected chi connectivity index (χ0v) is 24.2. The number of hydrogen-bond donors (Lipinski definition) is 2. The second-order valence-electron chi connectivity index (χ2n) is 10.6. The predicted octanol–water partition coefficient (Wildman–Crippen LogP) is 5.51. The van der Waals surface area contributed by atoms with Gasteiger partial charge in [-0.15, -0.1) is 0 Å². The lowest BCUT2D eigenvalue weighted by Crippen LogP contribution is -2.36. The molecule has 4 heterocycles. The Kier molecular flexibility index (Phi) is 7.23. The molecule has 210 valence electrons. The summed E-state index contributed by atoms with van der Waals surface area (Å²) < 4.78 is 7.67. The monoisotopic (exact) mass is 567 g/mol. The minimum Gasteiger partial charge on any atom is -0.478 e. The lowest BCUT2D eigenvalue weighted by molar-refractivity contribution is 0.0697. The van der Waals surface area contributed by atoms with E-state index in [4.69, 9.17) is 21.9 Å². The Balaban J connectivity index is 1.45. The van der Waals surface area contributed by atoms with Gasteiger partial charge in [0.1, 0.15) is 0 Å². The van der Waals surface area contributed by atoms with Crippen LogP contribution in [0.25, 0.3) is 5.69 Å². The Morgan fingerprint density at radius 3 is 2.41 bits per heavy atom. The Labute approximate surface area is 245 Å². The van der Waals surface area contributed by atoms with Crippen LogP contribution in [0.15, 0.2) is 72.9 Å². The number of carboxylic acid groups (broad SMARTS) is 1. The first kappa shape index (κ1) is 27.0. The van der Waals surface area contributed by atoms with E-state index in [0.717, 1.165) is 65.9 Å². The molecule has 2 fully saturated rings. The van der Waals surface area contributed by atoms with E-state index in [-0.39, 0.29) is 17.6 Å². The van der Waals surface area contributed by atoms with Crippen LogP contribution >= 0.6 is 12.2 Å². The molecule has 2 N–H and O–H groups in total. The summed E-state index contributed by atoms with van der Waals surface area (Å²) in [4.78, 5) is 21.0. The molecule has 0 bridgehead atoms. The maximum absolute atomic E-state index is 11.8. The fourth-order valence-electron chi connectivity index (χ4n) is 6.04. The number of aromatic nitrogens is 2. The molecular formula is C32H33N5O3S. The van der Waals surface area contributed by atoms with Crippen LogP contribution in [0.3, 0.4) is 0 Å². The van der Waals surface area contributed by atoms with Gasteiger partial charge in [-0.3, -0.25) is 4.98 Å². The van der Waals surface area contributed by atoms with Crippen molar-refractivity contribution in [2.24, 2.45) is 0 Å². The van der Waals surface area contributed by atoms with Crippen LogP contribution in [0.2, 0.25) is 0 Å². The summed E-state index contributed by atoms with van der Waals surface area (Å²) >= 11 is 5.97. The number of morpholine rings is 1. The van der Waals surface area contributed by atoms with E-state index in [2.05, 4.69) is 63.9 Å². The molecule has 2 saturated heterocycles. The van der Waals surface area contributed by atoms with Crippen LogP contribution in [0.5, 0.6) is 0 Å². The largest absolute Gasteiger partial charge is 0.478 e. The van der Waals surface area contributed by atoms with E-state index in [9.17, 15) is 9.90 Å². The summed E-state index contributed by atoms with van der Waals surface area (Å²) in [5.74, 6) is -0.943. The minimum atomic E-state index is -0.943. The van der Waals surface area contributed by atoms with Crippen LogP contribution in [0.4, 0.5) is 11.4 Å². The molecule has 0 radical (unpaired) electrons. The Hall–Kier alpha value is -4.21. The van der Waals surface area contributed by atoms with Gasteiger partial charge in [-0.1, -0.05) is 12.1 Å². The lowest BCUT2D eigenvalue weighted by atomic mass is 9.96. The van der Waals surface area contributed by atoms with Gasteiger partial charge in [0.15, 0.2) is 5.11 Å². The average molecular weight is 568 g/mol. The summed E-state index contributed by atoms with van der Waals surface area (Å²) in [5, 5.41) is 13.9. The highest BCUT2D eigenvalue weighted by molar-refractivity contribution is 7.80. The first-order valence-electron chi connectivity index (χ1n) is 13.8. The summed E-state index contributed by atoms with van der Waals surface area (Å²) in [7, 11) is 0. The van der Waals surface area contributed by atoms with Crippen molar-refractivity contribution in [1.82, 2.24) is 14.9 Å². The highest BCUT2D eigenvalue weighted by Gasteiger charge is 2.42. The van der Waals surface area contributed by atoms with Gasteiger partial charge in [0.05, 0.1) is 36.6 Å². The molecule has 9 heteroatoms. The van der Waals surface area contributed by atoms with Gasteiger partial charge in [0, 0.05) is 47.7 Å². The second kappa shape index (κ2) is 11.0. The number of pyridine rings is 1. The molecule has 2 aliphatic rings. The molecule has 2 atom stereocenters. The third kappa shape index (κ3) is 4.96. The number of hydrogen-bond acceptors (Lipinski definition) is 5. The van der Waals surface area contributed by atoms with Crippen molar-refractivity contribution in [3.63, 3.8) is 0 Å². The number of carboxylic acids is 1. The number of nitrogens with one attached hydrogen (secondary N) is 1. The van der Waals surface area contributed by atoms with Gasteiger partial charge in [-0.25, -0.2) is 4.79 Å². The first-order valence-corrected chi connectivity index (χ1v) is 14.2. The number of ether oxygens (including phenoxy) is 1. The van der Waals surface area contributed by atoms with E-state index < -0.39 is 5.97 Å². The zero-order chi connectivity index (χ0) is 28.7. The van der Waals surface area contributed by atoms with Crippen LogP contribution < -0.4 is 15.1 Å². The standard InChI is InChI=1S/C32H33N5O3S/c1-20-7-8-23(31(38)39)19-28(20)36-21(2)18-26(22(36)3)30-29(27-6-4-5-13-33-27)34-32(41)37(30)25-11-9-24(10-12-25)35-14-16-40-17-15-35/h4-13,18-19,29-30H,14-17H2,1-3H3,(H,34,41)(H,38,39)/t29-,30-/m0/s1. The topological polar surface area (TPSA) is 82.9 Å². The molecular weight excluding hydrogens is 534 g/mol. The molecule has 0 saturated carbocycles. The van der Waals surface area contributed by atoms with Crippen molar-refractivity contribution in [2.75, 3.05) is 36.1 Å². The molecule has 0 amide bonds. The van der Waals surface area contributed by atoms with Gasteiger partial charge in [0.25, 0.3) is 0 Å². The van der Waals surface area contributed by atoms with Crippen molar-refractivity contribution < 1.29 is 14.6 Å². The molecule has 0 spiro atoms. The fourth-order valence-corrected chi connectivity index (χ4v) is 6.38. The molecule has 6 rings (SSSR count). The van der Waals surface area contributed by atoms with Crippen molar-refractivity contribution >= 4 is 34.7 Å². The van der Waals surface area contributed by atoms with Gasteiger partial charge in [-0.05, 0) is 98.7 Å². The molecule has 4 aromatic rings. The molecule has 41 heavy (non-hydrogen) atoms. The number of anilines is 2. The molecule has 2 aromatic heterocycles. The van der Waals surface area contributed by atoms with Gasteiger partial charge < -0.3 is 29.5 Å². The minimum absolute atomic E-state index is 0.172.